The zero-order chi connectivity index (χ0) is 22.2. The predicted molar refractivity (Wildman–Crippen MR) is 120 cm³/mol. The first-order valence-corrected chi connectivity index (χ1v) is 12.0. The average molecular weight is 442 g/mol. The quantitative estimate of drug-likeness (QED) is 0.790. The Kier molecular flexibility index (Phi) is 5.85. The van der Waals surface area contributed by atoms with Crippen molar-refractivity contribution in [3.63, 3.8) is 0 Å². The third kappa shape index (κ3) is 4.22. The second-order valence-electron chi connectivity index (χ2n) is 8.22. The van der Waals surface area contributed by atoms with Gasteiger partial charge in [0.25, 0.3) is 0 Å². The Morgan fingerprint density at radius 3 is 2.32 bits per heavy atom. The molecule has 2 aliphatic heterocycles. The van der Waals surface area contributed by atoms with Crippen LogP contribution >= 0.6 is 0 Å². The van der Waals surface area contributed by atoms with E-state index in [-0.39, 0.29) is 23.1 Å². The predicted octanol–water partition coefficient (Wildman–Crippen LogP) is 3.09. The summed E-state index contributed by atoms with van der Waals surface area (Å²) >= 11 is 0. The first kappa shape index (κ1) is 21.5. The van der Waals surface area contributed by atoms with Crippen LogP contribution in [0.3, 0.4) is 0 Å². The lowest BCUT2D eigenvalue weighted by molar-refractivity contribution is -0.122. The van der Waals surface area contributed by atoms with Crippen molar-refractivity contribution in [2.45, 2.75) is 50.5 Å². The molecule has 1 atom stereocenters. The standard InChI is InChI=1S/C23H27N3O4S/c1-16-6-8-19(9-7-16)24-23(28)22-15-18-14-20(10-11-21(18)26(22)17(2)27)31(29,30)25-12-4-3-5-13-25/h6-11,14,22H,3-5,12-13,15H2,1-2H3,(H,24,28)/t22-/m0/s1. The number of piperidine rings is 1. The first-order chi connectivity index (χ1) is 14.8. The first-order valence-electron chi connectivity index (χ1n) is 10.6. The normalized spacial score (nSPS) is 19.2. The van der Waals surface area contributed by atoms with Crippen molar-refractivity contribution in [2.24, 2.45) is 0 Å². The van der Waals surface area contributed by atoms with Crippen molar-refractivity contribution in [3.8, 4) is 0 Å². The highest BCUT2D eigenvalue weighted by Crippen LogP contribution is 2.35. The van der Waals surface area contributed by atoms with Crippen molar-refractivity contribution in [3.05, 3.63) is 53.6 Å². The molecule has 2 aliphatic rings. The number of hydrogen-bond acceptors (Lipinski definition) is 4. The molecule has 0 saturated carbocycles. The van der Waals surface area contributed by atoms with Crippen LogP contribution < -0.4 is 10.2 Å². The second kappa shape index (κ2) is 8.43. The monoisotopic (exact) mass is 441 g/mol. The molecule has 1 N–H and O–H groups in total. The summed E-state index contributed by atoms with van der Waals surface area (Å²) < 4.78 is 27.6. The lowest BCUT2D eigenvalue weighted by atomic mass is 10.1. The number of anilines is 2. The summed E-state index contributed by atoms with van der Waals surface area (Å²) in [7, 11) is -3.58. The smallest absolute Gasteiger partial charge is 0.247 e. The van der Waals surface area contributed by atoms with E-state index in [0.717, 1.165) is 24.8 Å². The molecule has 31 heavy (non-hydrogen) atoms. The fraction of sp³-hybridized carbons (Fsp3) is 0.391. The summed E-state index contributed by atoms with van der Waals surface area (Å²) in [5.74, 6) is -0.551. The molecule has 8 heteroatoms. The molecule has 0 spiro atoms. The van der Waals surface area contributed by atoms with Crippen molar-refractivity contribution in [1.82, 2.24) is 4.31 Å². The van der Waals surface area contributed by atoms with E-state index < -0.39 is 16.1 Å². The molecule has 4 rings (SSSR count). The van der Waals surface area contributed by atoms with Crippen LogP contribution in [-0.2, 0) is 26.0 Å². The van der Waals surface area contributed by atoms with Crippen molar-refractivity contribution >= 4 is 33.2 Å². The van der Waals surface area contributed by atoms with Gasteiger partial charge in [0.05, 0.1) is 4.90 Å². The lowest BCUT2D eigenvalue weighted by Gasteiger charge is -2.26. The Hall–Kier alpha value is -2.71. The van der Waals surface area contributed by atoms with E-state index >= 15 is 0 Å². The van der Waals surface area contributed by atoms with Crippen molar-refractivity contribution in [1.29, 1.82) is 0 Å². The number of sulfonamides is 1. The molecule has 2 heterocycles. The van der Waals surface area contributed by atoms with Crippen LogP contribution in [0.5, 0.6) is 0 Å². The molecule has 2 amide bonds. The van der Waals surface area contributed by atoms with Crippen molar-refractivity contribution < 1.29 is 18.0 Å². The Bertz CT molecular complexity index is 1110. The molecule has 2 aromatic rings. The molecular formula is C23H27N3O4S. The third-order valence-electron chi connectivity index (χ3n) is 5.95. The molecular weight excluding hydrogens is 414 g/mol. The van der Waals surface area contributed by atoms with Crippen LogP contribution in [0.25, 0.3) is 0 Å². The number of nitrogens with one attached hydrogen (secondary N) is 1. The van der Waals surface area contributed by atoms with Crippen LogP contribution in [-0.4, -0.2) is 43.7 Å². The third-order valence-corrected chi connectivity index (χ3v) is 7.84. The van der Waals surface area contributed by atoms with E-state index in [1.807, 2.05) is 31.2 Å². The molecule has 1 saturated heterocycles. The summed E-state index contributed by atoms with van der Waals surface area (Å²) in [4.78, 5) is 27.0. The average Bonchev–Trinajstić information content (AvgIpc) is 3.15. The maximum absolute atomic E-state index is 13.1. The maximum atomic E-state index is 13.1. The number of aryl methyl sites for hydroxylation is 1. The number of rotatable bonds is 4. The van der Waals surface area contributed by atoms with E-state index in [2.05, 4.69) is 5.32 Å². The van der Waals surface area contributed by atoms with Gasteiger partial charge in [0.15, 0.2) is 0 Å². The Labute approximate surface area is 183 Å². The zero-order valence-electron chi connectivity index (χ0n) is 17.8. The SMILES string of the molecule is CC(=O)N1c2ccc(S(=O)(=O)N3CCCCC3)cc2C[C@H]1C(=O)Nc1ccc(C)cc1. The van der Waals surface area contributed by atoms with Crippen molar-refractivity contribution in [2.75, 3.05) is 23.3 Å². The van der Waals surface area contributed by atoms with Gasteiger partial charge in [0, 0.05) is 37.8 Å². The van der Waals surface area contributed by atoms with Gasteiger partial charge in [0.2, 0.25) is 21.8 Å². The number of benzene rings is 2. The fourth-order valence-electron chi connectivity index (χ4n) is 4.30. The highest BCUT2D eigenvalue weighted by molar-refractivity contribution is 7.89. The summed E-state index contributed by atoms with van der Waals surface area (Å²) in [6, 6.07) is 11.5. The summed E-state index contributed by atoms with van der Waals surface area (Å²) in [6.07, 6.45) is 3.05. The number of fused-ring (bicyclic) bond motifs is 1. The van der Waals surface area contributed by atoms with E-state index in [1.165, 1.54) is 16.1 Å². The lowest BCUT2D eigenvalue weighted by Crippen LogP contribution is -2.44. The molecule has 0 aliphatic carbocycles. The molecule has 7 nitrogen and oxygen atoms in total. The minimum Gasteiger partial charge on any atom is -0.324 e. The number of carbonyl (C=O) groups is 2. The van der Waals surface area contributed by atoms with E-state index in [9.17, 15) is 18.0 Å². The summed E-state index contributed by atoms with van der Waals surface area (Å²) in [5.41, 5.74) is 3.02. The number of amides is 2. The molecule has 0 unspecified atom stereocenters. The van der Waals surface area contributed by atoms with Crippen LogP contribution in [0.4, 0.5) is 11.4 Å². The summed E-state index contributed by atoms with van der Waals surface area (Å²) in [6.45, 7) is 4.44. The second-order valence-corrected chi connectivity index (χ2v) is 10.2. The Balaban J connectivity index is 1.60. The van der Waals surface area contributed by atoms with Gasteiger partial charge in [-0.05, 0) is 55.7 Å². The minimum atomic E-state index is -3.58. The minimum absolute atomic E-state index is 0.219. The maximum Gasteiger partial charge on any atom is 0.247 e. The fourth-order valence-corrected chi connectivity index (χ4v) is 5.87. The summed E-state index contributed by atoms with van der Waals surface area (Å²) in [5, 5.41) is 2.87. The molecule has 2 aromatic carbocycles. The topological polar surface area (TPSA) is 86.8 Å². The van der Waals surface area contributed by atoms with Gasteiger partial charge >= 0.3 is 0 Å². The van der Waals surface area contributed by atoms with Crippen LogP contribution in [0.2, 0.25) is 0 Å². The van der Waals surface area contributed by atoms with Gasteiger partial charge in [-0.3, -0.25) is 14.5 Å². The zero-order valence-corrected chi connectivity index (χ0v) is 18.6. The van der Waals surface area contributed by atoms with Gasteiger partial charge in [-0.15, -0.1) is 0 Å². The molecule has 0 radical (unpaired) electrons. The number of carbonyl (C=O) groups excluding carboxylic acids is 2. The van der Waals surface area contributed by atoms with E-state index in [1.54, 1.807) is 18.2 Å². The number of hydrogen-bond donors (Lipinski definition) is 1. The van der Waals surface area contributed by atoms with Gasteiger partial charge in [-0.25, -0.2) is 8.42 Å². The molecule has 1 fully saturated rings. The van der Waals surface area contributed by atoms with Gasteiger partial charge in [0.1, 0.15) is 6.04 Å². The van der Waals surface area contributed by atoms with E-state index in [0.29, 0.717) is 30.0 Å². The highest BCUT2D eigenvalue weighted by Gasteiger charge is 2.38. The van der Waals surface area contributed by atoms with Crippen LogP contribution in [0, 0.1) is 6.92 Å². The van der Waals surface area contributed by atoms with Crippen LogP contribution in [0.15, 0.2) is 47.4 Å². The molecule has 0 aromatic heterocycles. The highest BCUT2D eigenvalue weighted by atomic mass is 32.2. The van der Waals surface area contributed by atoms with E-state index in [4.69, 9.17) is 0 Å². The Morgan fingerprint density at radius 2 is 1.68 bits per heavy atom. The van der Waals surface area contributed by atoms with Crippen LogP contribution in [0.1, 0.15) is 37.3 Å². The molecule has 164 valence electrons. The molecule has 0 bridgehead atoms. The Morgan fingerprint density at radius 1 is 1.00 bits per heavy atom. The van der Waals surface area contributed by atoms with Gasteiger partial charge < -0.3 is 5.32 Å². The van der Waals surface area contributed by atoms with Gasteiger partial charge in [-0.2, -0.15) is 4.31 Å². The van der Waals surface area contributed by atoms with Gasteiger partial charge in [-0.1, -0.05) is 24.1 Å². The number of nitrogens with zero attached hydrogens (tertiary/aromatic N) is 2. The largest absolute Gasteiger partial charge is 0.324 e.